The molecule has 0 fully saturated rings. The number of hydrogen-bond donors (Lipinski definition) is 1. The van der Waals surface area contributed by atoms with Gasteiger partial charge < -0.3 is 10.1 Å². The highest BCUT2D eigenvalue weighted by Crippen LogP contribution is 2.22. The Morgan fingerprint density at radius 1 is 1.05 bits per heavy atom. The summed E-state index contributed by atoms with van der Waals surface area (Å²) in [6.45, 7) is 6.53. The summed E-state index contributed by atoms with van der Waals surface area (Å²) < 4.78 is 6.00. The van der Waals surface area contributed by atoms with Crippen molar-refractivity contribution in [2.45, 2.75) is 39.2 Å². The average Bonchev–Trinajstić information content (AvgIpc) is 2.47. The van der Waals surface area contributed by atoms with E-state index in [1.165, 1.54) is 17.2 Å². The first-order chi connectivity index (χ1) is 9.79. The van der Waals surface area contributed by atoms with Crippen molar-refractivity contribution in [1.29, 1.82) is 0 Å². The van der Waals surface area contributed by atoms with Gasteiger partial charge in [-0.1, -0.05) is 37.3 Å². The molecule has 0 bridgehead atoms. The molecule has 0 aliphatic rings. The molecule has 1 unspecified atom stereocenters. The minimum atomic E-state index is 0.264. The summed E-state index contributed by atoms with van der Waals surface area (Å²) in [6.07, 6.45) is 3.71. The second-order valence-corrected chi connectivity index (χ2v) is 5.33. The fourth-order valence-corrected chi connectivity index (χ4v) is 2.35. The topological polar surface area (TPSA) is 21.3 Å². The third-order valence-corrected chi connectivity index (χ3v) is 3.45. The van der Waals surface area contributed by atoms with Gasteiger partial charge in [-0.15, -0.1) is 0 Å². The summed E-state index contributed by atoms with van der Waals surface area (Å²) in [6, 6.07) is 14.7. The van der Waals surface area contributed by atoms with Crippen LogP contribution in [0.3, 0.4) is 0 Å². The lowest BCUT2D eigenvalue weighted by Gasteiger charge is -2.15. The van der Waals surface area contributed by atoms with Crippen molar-refractivity contribution in [2.24, 2.45) is 0 Å². The van der Waals surface area contributed by atoms with Gasteiger partial charge in [0, 0.05) is 0 Å². The lowest BCUT2D eigenvalue weighted by molar-refractivity contribution is 0.208. The highest BCUT2D eigenvalue weighted by atomic mass is 16.5. The van der Waals surface area contributed by atoms with E-state index in [2.05, 4.69) is 61.6 Å². The van der Waals surface area contributed by atoms with Gasteiger partial charge in [0.05, 0.1) is 6.10 Å². The number of nitrogens with one attached hydrogen (secondary N) is 1. The van der Waals surface area contributed by atoms with Gasteiger partial charge in [-0.2, -0.15) is 0 Å². The minimum Gasteiger partial charge on any atom is -0.491 e. The van der Waals surface area contributed by atoms with Crippen molar-refractivity contribution in [1.82, 2.24) is 5.32 Å². The zero-order chi connectivity index (χ0) is 14.2. The van der Waals surface area contributed by atoms with Gasteiger partial charge in [0.25, 0.3) is 0 Å². The van der Waals surface area contributed by atoms with Crippen LogP contribution in [0.5, 0.6) is 5.75 Å². The lowest BCUT2D eigenvalue weighted by Crippen LogP contribution is -2.19. The van der Waals surface area contributed by atoms with Gasteiger partial charge in [-0.25, -0.2) is 0 Å². The number of benzene rings is 2. The first-order valence-electron chi connectivity index (χ1n) is 7.66. The van der Waals surface area contributed by atoms with Crippen LogP contribution >= 0.6 is 0 Å². The third-order valence-electron chi connectivity index (χ3n) is 3.45. The van der Waals surface area contributed by atoms with Crippen molar-refractivity contribution >= 4 is 10.8 Å². The van der Waals surface area contributed by atoms with Crippen molar-refractivity contribution in [3.05, 3.63) is 42.5 Å². The first kappa shape index (κ1) is 14.9. The van der Waals surface area contributed by atoms with Crippen molar-refractivity contribution in [2.75, 3.05) is 13.1 Å². The summed E-state index contributed by atoms with van der Waals surface area (Å²) in [5, 5.41) is 5.92. The molecule has 0 spiro atoms. The van der Waals surface area contributed by atoms with Gasteiger partial charge in [0.2, 0.25) is 0 Å². The maximum Gasteiger partial charge on any atom is 0.120 e. The van der Waals surface area contributed by atoms with E-state index in [1.807, 2.05) is 0 Å². The predicted octanol–water partition coefficient (Wildman–Crippen LogP) is 4.39. The Hall–Kier alpha value is -1.54. The molecule has 108 valence electrons. The van der Waals surface area contributed by atoms with Crippen molar-refractivity contribution in [3.63, 3.8) is 0 Å². The third kappa shape index (κ3) is 4.53. The van der Waals surface area contributed by atoms with Crippen molar-refractivity contribution in [3.8, 4) is 5.75 Å². The lowest BCUT2D eigenvalue weighted by atomic mass is 10.1. The van der Waals surface area contributed by atoms with E-state index in [0.29, 0.717) is 0 Å². The molecule has 0 aliphatic heterocycles. The quantitative estimate of drug-likeness (QED) is 0.719. The molecule has 0 heterocycles. The highest BCUT2D eigenvalue weighted by molar-refractivity contribution is 5.83. The average molecular weight is 271 g/mol. The predicted molar refractivity (Wildman–Crippen MR) is 86.4 cm³/mol. The van der Waals surface area contributed by atoms with Crippen LogP contribution < -0.4 is 10.1 Å². The summed E-state index contributed by atoms with van der Waals surface area (Å²) in [4.78, 5) is 0. The fraction of sp³-hybridized carbons (Fsp3) is 0.444. The Morgan fingerprint density at radius 2 is 1.85 bits per heavy atom. The maximum atomic E-state index is 6.00. The largest absolute Gasteiger partial charge is 0.491 e. The Morgan fingerprint density at radius 3 is 2.65 bits per heavy atom. The van der Waals surface area contributed by atoms with E-state index < -0.39 is 0 Å². The SMILES string of the molecule is CCCNCCCC(C)Oc1ccc2ccccc2c1. The van der Waals surface area contributed by atoms with Gasteiger partial charge in [0.15, 0.2) is 0 Å². The molecule has 1 N–H and O–H groups in total. The molecular weight excluding hydrogens is 246 g/mol. The molecule has 0 aliphatic carbocycles. The molecule has 2 aromatic carbocycles. The summed E-state index contributed by atoms with van der Waals surface area (Å²) in [5.74, 6) is 0.970. The second kappa shape index (κ2) is 7.91. The van der Waals surface area contributed by atoms with Crippen LogP contribution in [0.2, 0.25) is 0 Å². The maximum absolute atomic E-state index is 6.00. The van der Waals surface area contributed by atoms with Crippen LogP contribution in [0.25, 0.3) is 10.8 Å². The normalized spacial score (nSPS) is 12.5. The summed E-state index contributed by atoms with van der Waals surface area (Å²) >= 11 is 0. The van der Waals surface area contributed by atoms with E-state index in [4.69, 9.17) is 4.74 Å². The van der Waals surface area contributed by atoms with Gasteiger partial charge in [0.1, 0.15) is 5.75 Å². The zero-order valence-electron chi connectivity index (χ0n) is 12.6. The molecule has 2 aromatic rings. The standard InChI is InChI=1S/C18H25NO/c1-3-12-19-13-6-7-15(2)20-18-11-10-16-8-4-5-9-17(16)14-18/h4-5,8-11,14-15,19H,3,6-7,12-13H2,1-2H3. The Bertz CT molecular complexity index is 524. The van der Waals surface area contributed by atoms with Crippen LogP contribution in [0, 0.1) is 0 Å². The molecule has 0 saturated carbocycles. The van der Waals surface area contributed by atoms with Crippen LogP contribution in [-0.4, -0.2) is 19.2 Å². The Labute approximate surface area is 122 Å². The van der Waals surface area contributed by atoms with Crippen LogP contribution in [0.4, 0.5) is 0 Å². The van der Waals surface area contributed by atoms with E-state index >= 15 is 0 Å². The molecule has 0 radical (unpaired) electrons. The number of hydrogen-bond acceptors (Lipinski definition) is 2. The second-order valence-electron chi connectivity index (χ2n) is 5.33. The molecule has 0 amide bonds. The molecule has 20 heavy (non-hydrogen) atoms. The van der Waals surface area contributed by atoms with E-state index in [9.17, 15) is 0 Å². The summed E-state index contributed by atoms with van der Waals surface area (Å²) in [5.41, 5.74) is 0. The molecular formula is C18H25NO. The number of rotatable bonds is 8. The Kier molecular flexibility index (Phi) is 5.87. The first-order valence-corrected chi connectivity index (χ1v) is 7.66. The molecule has 2 nitrogen and oxygen atoms in total. The monoisotopic (exact) mass is 271 g/mol. The van der Waals surface area contributed by atoms with Crippen LogP contribution in [-0.2, 0) is 0 Å². The molecule has 0 saturated heterocycles. The molecule has 0 aromatic heterocycles. The minimum absolute atomic E-state index is 0.264. The van der Waals surface area contributed by atoms with Crippen LogP contribution in [0.15, 0.2) is 42.5 Å². The van der Waals surface area contributed by atoms with Crippen molar-refractivity contribution < 1.29 is 4.74 Å². The Balaban J connectivity index is 1.81. The van der Waals surface area contributed by atoms with Crippen LogP contribution in [0.1, 0.15) is 33.1 Å². The zero-order valence-corrected chi connectivity index (χ0v) is 12.6. The fourth-order valence-electron chi connectivity index (χ4n) is 2.35. The molecule has 2 rings (SSSR count). The van der Waals surface area contributed by atoms with Gasteiger partial charge in [-0.3, -0.25) is 0 Å². The summed E-state index contributed by atoms with van der Waals surface area (Å²) in [7, 11) is 0. The molecule has 2 heteroatoms. The highest BCUT2D eigenvalue weighted by Gasteiger charge is 2.04. The number of fused-ring (bicyclic) bond motifs is 1. The van der Waals surface area contributed by atoms with Gasteiger partial charge >= 0.3 is 0 Å². The van der Waals surface area contributed by atoms with Gasteiger partial charge in [-0.05, 0) is 62.2 Å². The number of ether oxygens (including phenoxy) is 1. The smallest absolute Gasteiger partial charge is 0.120 e. The van der Waals surface area contributed by atoms with E-state index in [-0.39, 0.29) is 6.10 Å². The van der Waals surface area contributed by atoms with E-state index in [0.717, 1.165) is 31.7 Å². The van der Waals surface area contributed by atoms with E-state index in [1.54, 1.807) is 0 Å². The molecule has 1 atom stereocenters.